The first-order valence-corrected chi connectivity index (χ1v) is 7.82. The van der Waals surface area contributed by atoms with E-state index in [-0.39, 0.29) is 0 Å². The van der Waals surface area contributed by atoms with Crippen LogP contribution in [-0.2, 0) is 0 Å². The lowest BCUT2D eigenvalue weighted by Crippen LogP contribution is -2.01. The number of hydrogen-bond donors (Lipinski definition) is 0. The molecule has 1 aromatic carbocycles. The normalized spacial score (nSPS) is 12.7. The number of benzene rings is 1. The van der Waals surface area contributed by atoms with Crippen molar-refractivity contribution in [2.75, 3.05) is 16.8 Å². The fraction of sp³-hybridized carbons (Fsp3) is 0.500. The summed E-state index contributed by atoms with van der Waals surface area (Å²) >= 11 is 11.6. The van der Waals surface area contributed by atoms with Crippen molar-refractivity contribution in [3.63, 3.8) is 0 Å². The molecule has 1 rings (SSSR count). The zero-order chi connectivity index (χ0) is 11.1. The van der Waals surface area contributed by atoms with Gasteiger partial charge < -0.3 is 0 Å². The summed E-state index contributed by atoms with van der Waals surface area (Å²) in [5.74, 6) is 3.01. The minimum Gasteiger partial charge on any atom is -0.162 e. The van der Waals surface area contributed by atoms with Gasteiger partial charge in [0, 0.05) is 10.4 Å². The minimum atomic E-state index is 0.586. The summed E-state index contributed by atoms with van der Waals surface area (Å²) in [4.78, 5) is 0. The summed E-state index contributed by atoms with van der Waals surface area (Å²) in [6.45, 7) is 2.20. The minimum absolute atomic E-state index is 0.586. The first-order valence-electron chi connectivity index (χ1n) is 5.17. The SMILES string of the molecule is CCSCCC(CBr)c1cccc(Cl)c1. The summed E-state index contributed by atoms with van der Waals surface area (Å²) in [6, 6.07) is 8.19. The van der Waals surface area contributed by atoms with E-state index in [1.807, 2.05) is 23.9 Å². The fourth-order valence-corrected chi connectivity index (χ4v) is 3.10. The molecule has 0 N–H and O–H groups in total. The van der Waals surface area contributed by atoms with Crippen LogP contribution in [-0.4, -0.2) is 16.8 Å². The second-order valence-corrected chi connectivity index (χ2v) is 5.87. The van der Waals surface area contributed by atoms with E-state index in [9.17, 15) is 0 Å². The first kappa shape index (κ1) is 13.4. The smallest absolute Gasteiger partial charge is 0.0408 e. The van der Waals surface area contributed by atoms with Gasteiger partial charge in [0.25, 0.3) is 0 Å². The highest BCUT2D eigenvalue weighted by Gasteiger charge is 2.09. The second kappa shape index (κ2) is 7.59. The monoisotopic (exact) mass is 306 g/mol. The van der Waals surface area contributed by atoms with Crippen LogP contribution in [0.1, 0.15) is 24.8 Å². The molecule has 1 unspecified atom stereocenters. The van der Waals surface area contributed by atoms with Gasteiger partial charge in [0.2, 0.25) is 0 Å². The Hall–Kier alpha value is 0.340. The molecule has 0 saturated carbocycles. The van der Waals surface area contributed by atoms with E-state index in [0.717, 1.165) is 10.4 Å². The quantitative estimate of drug-likeness (QED) is 0.528. The zero-order valence-corrected chi connectivity index (χ0v) is 12.0. The molecule has 0 aliphatic rings. The van der Waals surface area contributed by atoms with E-state index in [0.29, 0.717) is 5.92 Å². The van der Waals surface area contributed by atoms with E-state index in [1.165, 1.54) is 23.5 Å². The Balaban J connectivity index is 2.57. The maximum atomic E-state index is 5.99. The van der Waals surface area contributed by atoms with E-state index in [2.05, 4.69) is 35.0 Å². The van der Waals surface area contributed by atoms with Gasteiger partial charge in [0.15, 0.2) is 0 Å². The van der Waals surface area contributed by atoms with Gasteiger partial charge in [-0.15, -0.1) is 0 Å². The Kier molecular flexibility index (Phi) is 6.78. The molecule has 84 valence electrons. The number of hydrogen-bond acceptors (Lipinski definition) is 1. The topological polar surface area (TPSA) is 0 Å². The molecule has 0 aliphatic heterocycles. The van der Waals surface area contributed by atoms with Gasteiger partial charge >= 0.3 is 0 Å². The van der Waals surface area contributed by atoms with Crippen molar-refractivity contribution >= 4 is 39.3 Å². The van der Waals surface area contributed by atoms with Crippen molar-refractivity contribution in [1.82, 2.24) is 0 Å². The average Bonchev–Trinajstić information content (AvgIpc) is 2.24. The van der Waals surface area contributed by atoms with Crippen LogP contribution in [0.5, 0.6) is 0 Å². The maximum Gasteiger partial charge on any atom is 0.0408 e. The van der Waals surface area contributed by atoms with Crippen LogP contribution in [0.2, 0.25) is 5.02 Å². The van der Waals surface area contributed by atoms with E-state index in [1.54, 1.807) is 0 Å². The molecule has 0 amide bonds. The molecule has 0 fully saturated rings. The summed E-state index contributed by atoms with van der Waals surface area (Å²) < 4.78 is 0. The zero-order valence-electron chi connectivity index (χ0n) is 8.88. The first-order chi connectivity index (χ1) is 7.27. The Morgan fingerprint density at radius 3 is 2.87 bits per heavy atom. The molecular weight excluding hydrogens is 292 g/mol. The maximum absolute atomic E-state index is 5.99. The molecule has 0 spiro atoms. The van der Waals surface area contributed by atoms with Gasteiger partial charge in [-0.1, -0.05) is 46.6 Å². The molecule has 0 heterocycles. The highest BCUT2D eigenvalue weighted by atomic mass is 79.9. The highest BCUT2D eigenvalue weighted by Crippen LogP contribution is 2.25. The molecule has 0 aliphatic carbocycles. The van der Waals surface area contributed by atoms with E-state index >= 15 is 0 Å². The van der Waals surface area contributed by atoms with Crippen molar-refractivity contribution in [2.24, 2.45) is 0 Å². The summed E-state index contributed by atoms with van der Waals surface area (Å²) in [6.07, 6.45) is 1.21. The average molecular weight is 308 g/mol. The van der Waals surface area contributed by atoms with Crippen LogP contribution in [0.4, 0.5) is 0 Å². The number of halogens is 2. The van der Waals surface area contributed by atoms with Gasteiger partial charge in [-0.25, -0.2) is 0 Å². The third kappa shape index (κ3) is 4.80. The number of thioether (sulfide) groups is 1. The molecule has 15 heavy (non-hydrogen) atoms. The Morgan fingerprint density at radius 2 is 2.27 bits per heavy atom. The number of rotatable bonds is 6. The molecule has 0 radical (unpaired) electrons. The van der Waals surface area contributed by atoms with Gasteiger partial charge in [0.05, 0.1) is 0 Å². The fourth-order valence-electron chi connectivity index (χ4n) is 1.46. The molecule has 3 heteroatoms. The highest BCUT2D eigenvalue weighted by molar-refractivity contribution is 9.09. The van der Waals surface area contributed by atoms with Crippen LogP contribution in [0, 0.1) is 0 Å². The molecule has 0 nitrogen and oxygen atoms in total. The standard InChI is InChI=1S/C12H16BrClS/c1-2-15-7-6-11(9-13)10-4-3-5-12(14)8-10/h3-5,8,11H,2,6-7,9H2,1H3. The Morgan fingerprint density at radius 1 is 1.47 bits per heavy atom. The van der Waals surface area contributed by atoms with Crippen LogP contribution in [0.15, 0.2) is 24.3 Å². The number of alkyl halides is 1. The second-order valence-electron chi connectivity index (χ2n) is 3.39. The van der Waals surface area contributed by atoms with Gasteiger partial charge in [0.1, 0.15) is 0 Å². The van der Waals surface area contributed by atoms with Gasteiger partial charge in [-0.2, -0.15) is 11.8 Å². The van der Waals surface area contributed by atoms with Crippen LogP contribution < -0.4 is 0 Å². The summed E-state index contributed by atoms with van der Waals surface area (Å²) in [5.41, 5.74) is 1.34. The van der Waals surface area contributed by atoms with Crippen LogP contribution >= 0.6 is 39.3 Å². The van der Waals surface area contributed by atoms with Crippen molar-refractivity contribution < 1.29 is 0 Å². The largest absolute Gasteiger partial charge is 0.162 e. The Labute approximate surface area is 110 Å². The third-order valence-corrected chi connectivity index (χ3v) is 4.27. The van der Waals surface area contributed by atoms with Gasteiger partial charge in [-0.3, -0.25) is 0 Å². The van der Waals surface area contributed by atoms with E-state index < -0.39 is 0 Å². The molecule has 0 aromatic heterocycles. The molecule has 1 aromatic rings. The lowest BCUT2D eigenvalue weighted by Gasteiger charge is -2.14. The predicted octanol–water partition coefficient (Wildman–Crippen LogP) is 4.96. The summed E-state index contributed by atoms with van der Waals surface area (Å²) in [7, 11) is 0. The van der Waals surface area contributed by atoms with Crippen LogP contribution in [0.3, 0.4) is 0 Å². The van der Waals surface area contributed by atoms with Crippen molar-refractivity contribution in [3.8, 4) is 0 Å². The predicted molar refractivity (Wildman–Crippen MR) is 75.6 cm³/mol. The van der Waals surface area contributed by atoms with Crippen LogP contribution in [0.25, 0.3) is 0 Å². The van der Waals surface area contributed by atoms with Crippen molar-refractivity contribution in [2.45, 2.75) is 19.3 Å². The lowest BCUT2D eigenvalue weighted by atomic mass is 9.99. The lowest BCUT2D eigenvalue weighted by molar-refractivity contribution is 0.757. The Bertz CT molecular complexity index is 291. The van der Waals surface area contributed by atoms with E-state index in [4.69, 9.17) is 11.6 Å². The van der Waals surface area contributed by atoms with Gasteiger partial charge in [-0.05, 0) is 41.5 Å². The molecular formula is C12H16BrClS. The molecule has 0 bridgehead atoms. The summed E-state index contributed by atoms with van der Waals surface area (Å²) in [5, 5.41) is 1.85. The van der Waals surface area contributed by atoms with Crippen molar-refractivity contribution in [3.05, 3.63) is 34.9 Å². The molecule has 1 atom stereocenters. The molecule has 0 saturated heterocycles. The van der Waals surface area contributed by atoms with Crippen molar-refractivity contribution in [1.29, 1.82) is 0 Å². The third-order valence-electron chi connectivity index (χ3n) is 2.32.